The summed E-state index contributed by atoms with van der Waals surface area (Å²) in [5, 5.41) is 3.41. The lowest BCUT2D eigenvalue weighted by atomic mass is 10.1. The number of benzene rings is 2. The van der Waals surface area contributed by atoms with Crippen molar-refractivity contribution in [3.05, 3.63) is 71.3 Å². The smallest absolute Gasteiger partial charge is 0.222 e. The quantitative estimate of drug-likeness (QED) is 0.633. The zero-order valence-corrected chi connectivity index (χ0v) is 16.2. The molecule has 0 bridgehead atoms. The van der Waals surface area contributed by atoms with Gasteiger partial charge in [0.1, 0.15) is 0 Å². The Balaban J connectivity index is 1.61. The van der Waals surface area contributed by atoms with Crippen molar-refractivity contribution in [3.8, 4) is 0 Å². The molecule has 1 saturated heterocycles. The summed E-state index contributed by atoms with van der Waals surface area (Å²) >= 11 is 0. The molecule has 0 atom stereocenters. The van der Waals surface area contributed by atoms with Crippen LogP contribution in [0.1, 0.15) is 29.5 Å². The van der Waals surface area contributed by atoms with Crippen molar-refractivity contribution in [1.82, 2.24) is 15.1 Å². The number of likely N-dealkylation sites (tertiary alicyclic amines) is 1. The normalized spacial score (nSPS) is 14.5. The number of carbonyl (C=O) groups excluding carboxylic acids is 1. The van der Waals surface area contributed by atoms with Crippen LogP contribution in [0.25, 0.3) is 0 Å². The molecule has 0 saturated carbocycles. The van der Waals surface area contributed by atoms with Gasteiger partial charge in [-0.05, 0) is 23.1 Å². The maximum atomic E-state index is 11.8. The van der Waals surface area contributed by atoms with E-state index < -0.39 is 0 Å². The van der Waals surface area contributed by atoms with Gasteiger partial charge in [-0.15, -0.1) is 0 Å². The zero-order valence-electron chi connectivity index (χ0n) is 16.2. The van der Waals surface area contributed by atoms with E-state index in [0.29, 0.717) is 19.5 Å². The first-order chi connectivity index (χ1) is 13.1. The first-order valence-corrected chi connectivity index (χ1v) is 9.47. The Morgan fingerprint density at radius 3 is 2.52 bits per heavy atom. The Morgan fingerprint density at radius 2 is 1.81 bits per heavy atom. The highest BCUT2D eigenvalue weighted by Crippen LogP contribution is 2.15. The number of rotatable bonds is 6. The van der Waals surface area contributed by atoms with E-state index in [0.717, 1.165) is 31.0 Å². The lowest BCUT2D eigenvalue weighted by Crippen LogP contribution is -2.36. The van der Waals surface area contributed by atoms with Crippen LogP contribution >= 0.6 is 0 Å². The molecule has 3 rings (SSSR count). The summed E-state index contributed by atoms with van der Waals surface area (Å²) in [5.41, 5.74) is 3.55. The highest BCUT2D eigenvalue weighted by Gasteiger charge is 2.19. The topological polar surface area (TPSA) is 47.9 Å². The van der Waals surface area contributed by atoms with E-state index in [1.165, 1.54) is 11.1 Å². The standard InChI is InChI=1S/C22H28N4O/c1-25(2)22(23-15-18-8-4-3-5-9-18)24-16-19-10-6-11-20(14-19)17-26-13-7-12-21(26)27/h3-6,8-11,14H,7,12-13,15-17H2,1-2H3,(H,23,24). The number of nitrogens with zero attached hydrogens (tertiary/aromatic N) is 3. The number of carbonyl (C=O) groups is 1. The van der Waals surface area contributed by atoms with Crippen LogP contribution in [0.5, 0.6) is 0 Å². The fourth-order valence-corrected chi connectivity index (χ4v) is 3.22. The molecule has 1 aliphatic rings. The van der Waals surface area contributed by atoms with Crippen LogP contribution in [0.3, 0.4) is 0 Å². The van der Waals surface area contributed by atoms with Gasteiger partial charge in [0.2, 0.25) is 5.91 Å². The van der Waals surface area contributed by atoms with Gasteiger partial charge >= 0.3 is 0 Å². The lowest BCUT2D eigenvalue weighted by molar-refractivity contribution is -0.128. The fraction of sp³-hybridized carbons (Fsp3) is 0.364. The summed E-state index contributed by atoms with van der Waals surface area (Å²) in [4.78, 5) is 20.5. The van der Waals surface area contributed by atoms with Gasteiger partial charge in [0.25, 0.3) is 0 Å². The second-order valence-electron chi connectivity index (χ2n) is 7.11. The highest BCUT2D eigenvalue weighted by molar-refractivity contribution is 5.79. The Kier molecular flexibility index (Phi) is 6.47. The summed E-state index contributed by atoms with van der Waals surface area (Å²) in [6, 6.07) is 18.7. The minimum atomic E-state index is 0.262. The van der Waals surface area contributed by atoms with Gasteiger partial charge in [-0.3, -0.25) is 4.79 Å². The summed E-state index contributed by atoms with van der Waals surface area (Å²) in [5.74, 6) is 1.12. The molecule has 27 heavy (non-hydrogen) atoms. The molecule has 0 aliphatic carbocycles. The third-order valence-corrected chi connectivity index (χ3v) is 4.66. The number of nitrogens with one attached hydrogen (secondary N) is 1. The maximum Gasteiger partial charge on any atom is 0.222 e. The van der Waals surface area contributed by atoms with Crippen LogP contribution in [-0.2, 0) is 24.4 Å². The predicted molar refractivity (Wildman–Crippen MR) is 109 cm³/mol. The van der Waals surface area contributed by atoms with Crippen molar-refractivity contribution in [2.24, 2.45) is 4.99 Å². The molecular weight excluding hydrogens is 336 g/mol. The molecule has 1 aliphatic heterocycles. The first kappa shape index (κ1) is 19.0. The van der Waals surface area contributed by atoms with Gasteiger partial charge < -0.3 is 15.1 Å². The fourth-order valence-electron chi connectivity index (χ4n) is 3.22. The molecule has 5 nitrogen and oxygen atoms in total. The van der Waals surface area contributed by atoms with Crippen molar-refractivity contribution in [1.29, 1.82) is 0 Å². The average molecular weight is 364 g/mol. The number of hydrogen-bond donors (Lipinski definition) is 1. The van der Waals surface area contributed by atoms with Gasteiger partial charge in [-0.2, -0.15) is 0 Å². The van der Waals surface area contributed by atoms with Crippen molar-refractivity contribution < 1.29 is 4.79 Å². The number of amides is 1. The molecule has 1 amide bonds. The van der Waals surface area contributed by atoms with Gasteiger partial charge in [0.05, 0.1) is 6.54 Å². The van der Waals surface area contributed by atoms with Crippen LogP contribution in [0.15, 0.2) is 59.6 Å². The van der Waals surface area contributed by atoms with Gasteiger partial charge in [-0.1, -0.05) is 54.6 Å². The van der Waals surface area contributed by atoms with E-state index >= 15 is 0 Å². The van der Waals surface area contributed by atoms with Crippen LogP contribution in [0.4, 0.5) is 0 Å². The number of hydrogen-bond acceptors (Lipinski definition) is 2. The third kappa shape index (κ3) is 5.58. The summed E-state index contributed by atoms with van der Waals surface area (Å²) in [6.07, 6.45) is 1.66. The monoisotopic (exact) mass is 364 g/mol. The molecule has 0 unspecified atom stereocenters. The Morgan fingerprint density at radius 1 is 1.07 bits per heavy atom. The Hall–Kier alpha value is -2.82. The minimum Gasteiger partial charge on any atom is -0.352 e. The van der Waals surface area contributed by atoms with Crippen LogP contribution in [0.2, 0.25) is 0 Å². The molecule has 142 valence electrons. The second-order valence-corrected chi connectivity index (χ2v) is 7.11. The molecule has 2 aromatic rings. The van der Waals surface area contributed by atoms with Crippen LogP contribution in [-0.4, -0.2) is 42.3 Å². The highest BCUT2D eigenvalue weighted by atomic mass is 16.2. The van der Waals surface area contributed by atoms with Crippen LogP contribution in [0, 0.1) is 0 Å². The lowest BCUT2D eigenvalue weighted by Gasteiger charge is -2.18. The van der Waals surface area contributed by atoms with E-state index in [4.69, 9.17) is 4.99 Å². The van der Waals surface area contributed by atoms with Gasteiger partial charge in [-0.25, -0.2) is 4.99 Å². The molecule has 1 fully saturated rings. The van der Waals surface area contributed by atoms with Crippen molar-refractivity contribution in [2.45, 2.75) is 32.5 Å². The zero-order chi connectivity index (χ0) is 19.1. The first-order valence-electron chi connectivity index (χ1n) is 9.47. The SMILES string of the molecule is CN(C)C(=NCc1cccc(CN2CCCC2=O)c1)NCc1ccccc1. The number of aliphatic imine (C=N–C) groups is 1. The largest absolute Gasteiger partial charge is 0.352 e. The van der Waals surface area contributed by atoms with Gasteiger partial charge in [0.15, 0.2) is 5.96 Å². The van der Waals surface area contributed by atoms with E-state index in [-0.39, 0.29) is 5.91 Å². The van der Waals surface area contributed by atoms with E-state index in [1.807, 2.05) is 48.2 Å². The predicted octanol–water partition coefficient (Wildman–Crippen LogP) is 3.02. The van der Waals surface area contributed by atoms with Crippen molar-refractivity contribution in [3.63, 3.8) is 0 Å². The molecule has 1 N–H and O–H groups in total. The Bertz CT molecular complexity index is 786. The minimum absolute atomic E-state index is 0.262. The molecule has 2 aromatic carbocycles. The van der Waals surface area contributed by atoms with E-state index in [9.17, 15) is 4.79 Å². The maximum absolute atomic E-state index is 11.8. The Labute approximate surface area is 161 Å². The van der Waals surface area contributed by atoms with E-state index in [1.54, 1.807) is 0 Å². The third-order valence-electron chi connectivity index (χ3n) is 4.66. The summed E-state index contributed by atoms with van der Waals surface area (Å²) < 4.78 is 0. The van der Waals surface area contributed by atoms with Crippen molar-refractivity contribution >= 4 is 11.9 Å². The molecule has 0 radical (unpaired) electrons. The summed E-state index contributed by atoms with van der Waals surface area (Å²) in [7, 11) is 3.98. The average Bonchev–Trinajstić information content (AvgIpc) is 3.07. The molecule has 1 heterocycles. The van der Waals surface area contributed by atoms with E-state index in [2.05, 4.69) is 35.6 Å². The van der Waals surface area contributed by atoms with Gasteiger partial charge in [0, 0.05) is 40.2 Å². The molecule has 0 spiro atoms. The number of guanidine groups is 1. The van der Waals surface area contributed by atoms with Crippen LogP contribution < -0.4 is 5.32 Å². The molecule has 5 heteroatoms. The molecular formula is C22H28N4O. The summed E-state index contributed by atoms with van der Waals surface area (Å²) in [6.45, 7) is 2.92. The molecule has 0 aromatic heterocycles. The second kappa shape index (κ2) is 9.21. The van der Waals surface area contributed by atoms with Crippen molar-refractivity contribution in [2.75, 3.05) is 20.6 Å².